The Morgan fingerprint density at radius 1 is 1.42 bits per heavy atom. The van der Waals surface area contributed by atoms with Crippen LogP contribution >= 0.6 is 23.4 Å². The van der Waals surface area contributed by atoms with Crippen LogP contribution in [0.4, 0.5) is 8.78 Å². The van der Waals surface area contributed by atoms with Crippen molar-refractivity contribution >= 4 is 34.4 Å². The highest BCUT2D eigenvalue weighted by Gasteiger charge is 2.42. The SMILES string of the molecule is CSC1(Cn2c(CCl)nc3c(F)cc(F)cc32)CC1. The number of hydrogen-bond donors (Lipinski definition) is 0. The van der Waals surface area contributed by atoms with Gasteiger partial charge in [0.1, 0.15) is 17.2 Å². The van der Waals surface area contributed by atoms with Crippen LogP contribution in [0.15, 0.2) is 12.1 Å². The molecule has 19 heavy (non-hydrogen) atoms. The van der Waals surface area contributed by atoms with E-state index < -0.39 is 11.6 Å². The standard InChI is InChI=1S/C13H13ClF2N2S/c1-19-13(2-3-13)7-18-10-5-8(15)4-9(16)12(10)17-11(18)6-14/h4-5H,2-3,6-7H2,1H3. The van der Waals surface area contributed by atoms with Crippen LogP contribution in [0.1, 0.15) is 18.7 Å². The number of benzene rings is 1. The number of aromatic nitrogens is 2. The largest absolute Gasteiger partial charge is 0.325 e. The van der Waals surface area contributed by atoms with Gasteiger partial charge in [-0.1, -0.05) is 0 Å². The Bertz CT molecular complexity index is 637. The predicted molar refractivity (Wildman–Crippen MR) is 74.7 cm³/mol. The first-order valence-corrected chi connectivity index (χ1v) is 7.80. The van der Waals surface area contributed by atoms with Crippen LogP contribution in [0, 0.1) is 11.6 Å². The number of alkyl halides is 1. The Morgan fingerprint density at radius 3 is 2.74 bits per heavy atom. The number of thioether (sulfide) groups is 1. The molecule has 0 spiro atoms. The van der Waals surface area contributed by atoms with Gasteiger partial charge in [0, 0.05) is 17.4 Å². The quantitative estimate of drug-likeness (QED) is 0.796. The van der Waals surface area contributed by atoms with Crippen molar-refractivity contribution in [3.8, 4) is 0 Å². The van der Waals surface area contributed by atoms with Crippen LogP contribution in [0.2, 0.25) is 0 Å². The third-order valence-corrected chi connectivity index (χ3v) is 5.30. The average molecular weight is 303 g/mol. The summed E-state index contributed by atoms with van der Waals surface area (Å²) in [5.74, 6) is -0.419. The molecule has 1 aliphatic carbocycles. The average Bonchev–Trinajstić information content (AvgIpc) is 3.07. The molecule has 6 heteroatoms. The van der Waals surface area contributed by atoms with Crippen LogP contribution in [-0.2, 0) is 12.4 Å². The van der Waals surface area contributed by atoms with E-state index in [2.05, 4.69) is 11.2 Å². The molecule has 1 aromatic carbocycles. The highest BCUT2D eigenvalue weighted by atomic mass is 35.5. The molecule has 0 N–H and O–H groups in total. The zero-order valence-corrected chi connectivity index (χ0v) is 12.0. The first-order chi connectivity index (χ1) is 9.08. The second kappa shape index (κ2) is 4.63. The number of rotatable bonds is 4. The molecule has 1 aliphatic rings. The van der Waals surface area contributed by atoms with Gasteiger partial charge in [0.2, 0.25) is 0 Å². The van der Waals surface area contributed by atoms with Crippen LogP contribution in [0.3, 0.4) is 0 Å². The molecule has 2 aromatic rings. The minimum absolute atomic E-state index is 0.178. The molecule has 0 saturated heterocycles. The molecule has 0 amide bonds. The fourth-order valence-corrected chi connectivity index (χ4v) is 3.30. The lowest BCUT2D eigenvalue weighted by atomic mass is 10.3. The number of hydrogen-bond acceptors (Lipinski definition) is 2. The molecule has 1 aromatic heterocycles. The molecule has 0 aliphatic heterocycles. The van der Waals surface area contributed by atoms with Crippen LogP contribution in [-0.4, -0.2) is 20.6 Å². The summed E-state index contributed by atoms with van der Waals surface area (Å²) in [5, 5.41) is 0. The van der Waals surface area contributed by atoms with Gasteiger partial charge in [0.25, 0.3) is 0 Å². The zero-order valence-electron chi connectivity index (χ0n) is 10.4. The summed E-state index contributed by atoms with van der Waals surface area (Å²) in [6, 6.07) is 2.19. The van der Waals surface area contributed by atoms with Gasteiger partial charge in [-0.2, -0.15) is 11.8 Å². The lowest BCUT2D eigenvalue weighted by molar-refractivity contribution is 0.589. The van der Waals surface area contributed by atoms with E-state index in [0.717, 1.165) is 18.9 Å². The lowest BCUT2D eigenvalue weighted by Crippen LogP contribution is -2.15. The van der Waals surface area contributed by atoms with Gasteiger partial charge in [-0.3, -0.25) is 0 Å². The highest BCUT2D eigenvalue weighted by molar-refractivity contribution is 8.00. The van der Waals surface area contributed by atoms with E-state index in [-0.39, 0.29) is 16.1 Å². The van der Waals surface area contributed by atoms with Crippen molar-refractivity contribution in [2.45, 2.75) is 30.0 Å². The fourth-order valence-electron chi connectivity index (χ4n) is 2.33. The van der Waals surface area contributed by atoms with Gasteiger partial charge in [0.05, 0.1) is 11.4 Å². The van der Waals surface area contributed by atoms with Crippen LogP contribution < -0.4 is 0 Å². The maximum Gasteiger partial charge on any atom is 0.153 e. The van der Waals surface area contributed by atoms with Gasteiger partial charge in [0.15, 0.2) is 5.82 Å². The first kappa shape index (κ1) is 13.2. The van der Waals surface area contributed by atoms with Crippen molar-refractivity contribution in [3.63, 3.8) is 0 Å². The molecule has 102 valence electrons. The molecule has 0 bridgehead atoms. The summed E-state index contributed by atoms with van der Waals surface area (Å²) in [5.41, 5.74) is 0.697. The second-order valence-corrected chi connectivity index (χ2v) is 6.43. The summed E-state index contributed by atoms with van der Waals surface area (Å²) in [6.07, 6.45) is 4.30. The summed E-state index contributed by atoms with van der Waals surface area (Å²) >= 11 is 7.68. The zero-order chi connectivity index (χ0) is 13.6. The predicted octanol–water partition coefficient (Wildman–Crippen LogP) is 3.95. The van der Waals surface area contributed by atoms with E-state index in [9.17, 15) is 8.78 Å². The molecule has 0 atom stereocenters. The molecule has 1 heterocycles. The summed E-state index contributed by atoms with van der Waals surface area (Å²) in [7, 11) is 0. The second-order valence-electron chi connectivity index (χ2n) is 4.89. The maximum absolute atomic E-state index is 13.7. The lowest BCUT2D eigenvalue weighted by Gasteiger charge is -2.15. The van der Waals surface area contributed by atoms with E-state index in [1.807, 2.05) is 4.57 Å². The van der Waals surface area contributed by atoms with E-state index in [1.165, 1.54) is 6.07 Å². The summed E-state index contributed by atoms with van der Waals surface area (Å²) in [6.45, 7) is 0.704. The maximum atomic E-state index is 13.7. The van der Waals surface area contributed by atoms with Crippen LogP contribution in [0.5, 0.6) is 0 Å². The van der Waals surface area contributed by atoms with Gasteiger partial charge >= 0.3 is 0 Å². The van der Waals surface area contributed by atoms with Crippen molar-refractivity contribution in [3.05, 3.63) is 29.6 Å². The Kier molecular flexibility index (Phi) is 3.21. The topological polar surface area (TPSA) is 17.8 Å². The third-order valence-electron chi connectivity index (χ3n) is 3.66. The fraction of sp³-hybridized carbons (Fsp3) is 0.462. The molecule has 0 unspecified atom stereocenters. The first-order valence-electron chi connectivity index (χ1n) is 6.04. The van der Waals surface area contributed by atoms with Gasteiger partial charge in [-0.25, -0.2) is 13.8 Å². The number of fused-ring (bicyclic) bond motifs is 1. The Morgan fingerprint density at radius 2 is 2.16 bits per heavy atom. The molecule has 2 nitrogen and oxygen atoms in total. The Hall–Kier alpha value is -0.810. The Balaban J connectivity index is 2.15. The molecule has 3 rings (SSSR count). The summed E-state index contributed by atoms with van der Waals surface area (Å²) < 4.78 is 29.2. The van der Waals surface area contributed by atoms with Crippen molar-refractivity contribution in [1.82, 2.24) is 9.55 Å². The minimum atomic E-state index is -0.630. The minimum Gasteiger partial charge on any atom is -0.325 e. The van der Waals surface area contributed by atoms with E-state index >= 15 is 0 Å². The van der Waals surface area contributed by atoms with Crippen molar-refractivity contribution in [2.24, 2.45) is 0 Å². The molecule has 1 saturated carbocycles. The monoisotopic (exact) mass is 302 g/mol. The molecule has 0 radical (unpaired) electrons. The van der Waals surface area contributed by atoms with Crippen LogP contribution in [0.25, 0.3) is 11.0 Å². The van der Waals surface area contributed by atoms with Gasteiger partial charge < -0.3 is 4.57 Å². The smallest absolute Gasteiger partial charge is 0.153 e. The van der Waals surface area contributed by atoms with Gasteiger partial charge in [-0.15, -0.1) is 11.6 Å². The van der Waals surface area contributed by atoms with Gasteiger partial charge in [-0.05, 0) is 25.2 Å². The van der Waals surface area contributed by atoms with Crippen molar-refractivity contribution in [2.75, 3.05) is 6.26 Å². The van der Waals surface area contributed by atoms with E-state index in [0.29, 0.717) is 17.9 Å². The number of halogens is 3. The highest BCUT2D eigenvalue weighted by Crippen LogP contribution is 2.49. The molecular weight excluding hydrogens is 290 g/mol. The summed E-state index contributed by atoms with van der Waals surface area (Å²) in [4.78, 5) is 4.20. The molecule has 1 fully saturated rings. The number of nitrogens with zero attached hydrogens (tertiary/aromatic N) is 2. The Labute approximate surface area is 119 Å². The van der Waals surface area contributed by atoms with E-state index in [4.69, 9.17) is 11.6 Å². The van der Waals surface area contributed by atoms with Crippen molar-refractivity contribution in [1.29, 1.82) is 0 Å². The third kappa shape index (κ3) is 2.23. The number of imidazole rings is 1. The normalized spacial score (nSPS) is 17.1. The van der Waals surface area contributed by atoms with Crippen molar-refractivity contribution < 1.29 is 8.78 Å². The van der Waals surface area contributed by atoms with E-state index in [1.54, 1.807) is 11.8 Å². The molecular formula is C13H13ClF2N2S.